The molecule has 0 aliphatic rings. The fraction of sp³-hybridized carbons (Fsp3) is 0.444. The molecule has 1 heterocycles. The number of hydrogen-bond donors (Lipinski definition) is 2. The van der Waals surface area contributed by atoms with Crippen molar-refractivity contribution in [2.45, 2.75) is 52.4 Å². The smallest absolute Gasteiger partial charge is 0.270 e. The van der Waals surface area contributed by atoms with Crippen molar-refractivity contribution in [2.75, 3.05) is 5.43 Å². The summed E-state index contributed by atoms with van der Waals surface area (Å²) >= 11 is 0. The van der Waals surface area contributed by atoms with Gasteiger partial charge in [-0.2, -0.15) is 0 Å². The van der Waals surface area contributed by atoms with Crippen LogP contribution in [0.4, 0.5) is 0 Å². The van der Waals surface area contributed by atoms with Crippen LogP contribution >= 0.6 is 0 Å². The fourth-order valence-electron chi connectivity index (χ4n) is 2.42. The number of aromatic hydroxyl groups is 1. The van der Waals surface area contributed by atoms with Crippen LogP contribution in [-0.2, 0) is 10.8 Å². The van der Waals surface area contributed by atoms with Gasteiger partial charge in [0.15, 0.2) is 0 Å². The summed E-state index contributed by atoms with van der Waals surface area (Å²) < 4.78 is 1.50. The predicted octanol–water partition coefficient (Wildman–Crippen LogP) is 3.57. The minimum Gasteiger partial charge on any atom is -0.507 e. The lowest BCUT2D eigenvalue weighted by atomic mass is 9.78. The summed E-state index contributed by atoms with van der Waals surface area (Å²) in [6.07, 6.45) is 4.78. The summed E-state index contributed by atoms with van der Waals surface area (Å²) in [5.41, 5.74) is 4.26. The number of phenolic OH excluding ortho intramolecular Hbond substituents is 1. The maximum atomic E-state index is 12.5. The van der Waals surface area contributed by atoms with Gasteiger partial charge in [0, 0.05) is 29.1 Å². The Kier molecular flexibility index (Phi) is 4.24. The molecule has 0 radical (unpaired) electrons. The van der Waals surface area contributed by atoms with Crippen LogP contribution in [0.2, 0.25) is 0 Å². The van der Waals surface area contributed by atoms with Crippen molar-refractivity contribution in [3.05, 3.63) is 47.5 Å². The van der Waals surface area contributed by atoms with Gasteiger partial charge < -0.3 is 5.11 Å². The topological polar surface area (TPSA) is 67.2 Å². The Morgan fingerprint density at radius 2 is 1.61 bits per heavy atom. The van der Waals surface area contributed by atoms with Crippen LogP contribution in [0.1, 0.15) is 63.0 Å². The zero-order chi connectivity index (χ0) is 17.4. The van der Waals surface area contributed by atoms with Gasteiger partial charge in [0.2, 0.25) is 0 Å². The fourth-order valence-corrected chi connectivity index (χ4v) is 2.42. The first-order chi connectivity index (χ1) is 10.5. The number of carbonyl (C=O) groups excluding carboxylic acids is 1. The third kappa shape index (κ3) is 3.73. The van der Waals surface area contributed by atoms with Gasteiger partial charge in [-0.3, -0.25) is 10.2 Å². The molecule has 2 N–H and O–H groups in total. The number of hydrogen-bond acceptors (Lipinski definition) is 3. The molecule has 0 bridgehead atoms. The molecule has 5 heteroatoms. The van der Waals surface area contributed by atoms with Crippen molar-refractivity contribution in [1.82, 2.24) is 9.66 Å². The standard InChI is InChI=1S/C18H25N3O2/c1-17(2,3)13-9-12(10-14(15(13)22)18(4,5)6)16(23)20-21-8-7-19-11-21/h7-11,22H,1-6H3,(H,20,23). The van der Waals surface area contributed by atoms with Crippen LogP contribution in [0.5, 0.6) is 5.75 Å². The number of rotatable bonds is 2. The Hall–Kier alpha value is -2.30. The zero-order valence-corrected chi connectivity index (χ0v) is 14.6. The number of carbonyl (C=O) groups is 1. The largest absolute Gasteiger partial charge is 0.507 e. The van der Waals surface area contributed by atoms with E-state index in [2.05, 4.69) is 10.4 Å². The van der Waals surface area contributed by atoms with Gasteiger partial charge >= 0.3 is 0 Å². The van der Waals surface area contributed by atoms with Gasteiger partial charge in [0.05, 0.1) is 0 Å². The minimum absolute atomic E-state index is 0.237. The molecule has 124 valence electrons. The minimum atomic E-state index is -0.268. The van der Waals surface area contributed by atoms with Crippen LogP contribution in [0, 0.1) is 0 Å². The highest BCUT2D eigenvalue weighted by molar-refractivity contribution is 6.00. The summed E-state index contributed by atoms with van der Waals surface area (Å²) in [4.78, 5) is 16.4. The lowest BCUT2D eigenvalue weighted by Gasteiger charge is -2.28. The molecule has 23 heavy (non-hydrogen) atoms. The van der Waals surface area contributed by atoms with E-state index in [0.29, 0.717) is 5.56 Å². The number of nitrogens with zero attached hydrogens (tertiary/aromatic N) is 2. The van der Waals surface area contributed by atoms with Crippen LogP contribution in [0.3, 0.4) is 0 Å². The van der Waals surface area contributed by atoms with E-state index in [-0.39, 0.29) is 22.5 Å². The summed E-state index contributed by atoms with van der Waals surface area (Å²) in [5, 5.41) is 10.7. The quantitative estimate of drug-likeness (QED) is 0.890. The molecule has 1 aromatic carbocycles. The molecule has 0 spiro atoms. The molecule has 0 aliphatic heterocycles. The Bertz CT molecular complexity index is 670. The molecular formula is C18H25N3O2. The van der Waals surface area contributed by atoms with Gasteiger partial charge in [0.1, 0.15) is 12.1 Å². The second-order valence-electron chi connectivity index (χ2n) is 7.83. The van der Waals surface area contributed by atoms with E-state index in [9.17, 15) is 9.90 Å². The molecule has 1 amide bonds. The van der Waals surface area contributed by atoms with Crippen molar-refractivity contribution in [2.24, 2.45) is 0 Å². The highest BCUT2D eigenvalue weighted by Crippen LogP contribution is 2.39. The van der Waals surface area contributed by atoms with Gasteiger partial charge in [-0.05, 0) is 23.0 Å². The van der Waals surface area contributed by atoms with Gasteiger partial charge in [-0.15, -0.1) is 0 Å². The Balaban J connectivity index is 2.53. The molecule has 2 aromatic rings. The zero-order valence-electron chi connectivity index (χ0n) is 14.6. The highest BCUT2D eigenvalue weighted by atomic mass is 16.3. The van der Waals surface area contributed by atoms with Gasteiger partial charge in [-0.25, -0.2) is 9.66 Å². The average molecular weight is 315 g/mol. The summed E-state index contributed by atoms with van der Waals surface area (Å²) in [5.74, 6) is 0.0307. The van der Waals surface area contributed by atoms with E-state index in [1.807, 2.05) is 41.5 Å². The normalized spacial score (nSPS) is 12.3. The van der Waals surface area contributed by atoms with Crippen LogP contribution in [-0.4, -0.2) is 20.7 Å². The van der Waals surface area contributed by atoms with E-state index < -0.39 is 0 Å². The SMILES string of the molecule is CC(C)(C)c1cc(C(=O)Nn2ccnc2)cc(C(C)(C)C)c1O. The first-order valence-electron chi connectivity index (χ1n) is 7.67. The monoisotopic (exact) mass is 315 g/mol. The van der Waals surface area contributed by atoms with Crippen molar-refractivity contribution < 1.29 is 9.90 Å². The molecule has 0 fully saturated rings. The first-order valence-corrected chi connectivity index (χ1v) is 7.67. The molecule has 2 rings (SSSR count). The van der Waals surface area contributed by atoms with Crippen LogP contribution in [0.25, 0.3) is 0 Å². The van der Waals surface area contributed by atoms with Crippen molar-refractivity contribution in [3.63, 3.8) is 0 Å². The summed E-state index contributed by atoms with van der Waals surface area (Å²) in [6.45, 7) is 12.1. The number of phenols is 1. The number of amides is 1. The maximum absolute atomic E-state index is 12.5. The van der Waals surface area contributed by atoms with E-state index in [0.717, 1.165) is 11.1 Å². The molecule has 0 saturated carbocycles. The predicted molar refractivity (Wildman–Crippen MR) is 91.4 cm³/mol. The van der Waals surface area contributed by atoms with E-state index >= 15 is 0 Å². The van der Waals surface area contributed by atoms with Gasteiger partial charge in [0.25, 0.3) is 5.91 Å². The third-order valence-electron chi connectivity index (χ3n) is 3.72. The van der Waals surface area contributed by atoms with Gasteiger partial charge in [-0.1, -0.05) is 41.5 Å². The number of aromatic nitrogens is 2. The molecule has 0 saturated heterocycles. The van der Waals surface area contributed by atoms with Crippen molar-refractivity contribution >= 4 is 5.91 Å². The second-order valence-corrected chi connectivity index (χ2v) is 7.83. The Labute approximate surface area is 137 Å². The van der Waals surface area contributed by atoms with Crippen molar-refractivity contribution in [1.29, 1.82) is 0 Å². The van der Waals surface area contributed by atoms with Crippen molar-refractivity contribution in [3.8, 4) is 5.75 Å². The van der Waals surface area contributed by atoms with E-state index in [4.69, 9.17) is 0 Å². The molecular weight excluding hydrogens is 290 g/mol. The van der Waals surface area contributed by atoms with Crippen LogP contribution in [0.15, 0.2) is 30.9 Å². The number of benzene rings is 1. The molecule has 0 unspecified atom stereocenters. The van der Waals surface area contributed by atoms with Crippen LogP contribution < -0.4 is 5.43 Å². The molecule has 0 aliphatic carbocycles. The molecule has 0 atom stereocenters. The lowest BCUT2D eigenvalue weighted by molar-refractivity contribution is 0.101. The summed E-state index contributed by atoms with van der Waals surface area (Å²) in [7, 11) is 0. The lowest BCUT2D eigenvalue weighted by Crippen LogP contribution is -2.24. The number of imidazole rings is 1. The molecule has 5 nitrogen and oxygen atoms in total. The van der Waals surface area contributed by atoms with E-state index in [1.165, 1.54) is 11.0 Å². The first kappa shape index (κ1) is 17.1. The average Bonchev–Trinajstić information content (AvgIpc) is 2.88. The third-order valence-corrected chi connectivity index (χ3v) is 3.72. The Morgan fingerprint density at radius 3 is 2.00 bits per heavy atom. The second kappa shape index (κ2) is 5.72. The highest BCUT2D eigenvalue weighted by Gasteiger charge is 2.27. The van der Waals surface area contributed by atoms with E-state index in [1.54, 1.807) is 24.5 Å². The number of nitrogens with one attached hydrogen (secondary N) is 1. The molecule has 1 aromatic heterocycles. The summed E-state index contributed by atoms with van der Waals surface area (Å²) in [6, 6.07) is 3.52. The Morgan fingerprint density at radius 1 is 1.09 bits per heavy atom. The maximum Gasteiger partial charge on any atom is 0.270 e.